The molecule has 1 saturated heterocycles. The largest absolute Gasteiger partial charge is 0.385 e. The molecule has 12 heteroatoms. The quantitative estimate of drug-likeness (QED) is 0.237. The molecule has 1 aromatic carbocycles. The molecule has 1 aliphatic rings. The van der Waals surface area contributed by atoms with Crippen LogP contribution in [0.1, 0.15) is 30.1 Å². The summed E-state index contributed by atoms with van der Waals surface area (Å²) in [5, 5.41) is 10.9. The standard InChI is InChI=1S/C27H27ClFN7O3/c1-16-23(18-14-31-26(28)32-15-18)35-36(19-6-4-3-5-7-19)25(16)34-27(37)33-21-13-20(9-11-38-2)39-24(21)17-8-10-30-22(29)12-17/h3-8,10,12,14-15,20-21,24H,9,11,13H2,1-2H3,(H2,33,34,37)/t20-,21-,24+/m1/s1. The average Bonchev–Trinajstić information content (AvgIpc) is 3.49. The number of nitrogens with zero attached hydrogens (tertiary/aromatic N) is 5. The third-order valence-electron chi connectivity index (χ3n) is 6.51. The second kappa shape index (κ2) is 11.9. The second-order valence-electron chi connectivity index (χ2n) is 9.12. The fourth-order valence-electron chi connectivity index (χ4n) is 4.66. The summed E-state index contributed by atoms with van der Waals surface area (Å²) in [6, 6.07) is 11.6. The maximum Gasteiger partial charge on any atom is 0.320 e. The lowest BCUT2D eigenvalue weighted by atomic mass is 10.0. The van der Waals surface area contributed by atoms with Crippen LogP contribution in [0.2, 0.25) is 5.28 Å². The number of urea groups is 1. The van der Waals surface area contributed by atoms with Crippen LogP contribution in [0.5, 0.6) is 0 Å². The molecular weight excluding hydrogens is 525 g/mol. The van der Waals surface area contributed by atoms with Crippen molar-refractivity contribution in [3.05, 3.63) is 83.4 Å². The minimum absolute atomic E-state index is 0.128. The molecule has 0 bridgehead atoms. The monoisotopic (exact) mass is 551 g/mol. The van der Waals surface area contributed by atoms with Crippen LogP contribution in [-0.2, 0) is 9.47 Å². The number of para-hydroxylation sites is 1. The fourth-order valence-corrected chi connectivity index (χ4v) is 4.76. The number of hydrogen-bond acceptors (Lipinski definition) is 7. The highest BCUT2D eigenvalue weighted by molar-refractivity contribution is 6.28. The number of amides is 2. The molecule has 4 heterocycles. The summed E-state index contributed by atoms with van der Waals surface area (Å²) in [4.78, 5) is 25.1. The highest BCUT2D eigenvalue weighted by Gasteiger charge is 2.37. The van der Waals surface area contributed by atoms with Gasteiger partial charge in [0.1, 0.15) is 17.6 Å². The lowest BCUT2D eigenvalue weighted by Gasteiger charge is -2.21. The minimum atomic E-state index is -0.610. The number of carbonyl (C=O) groups is 1. The zero-order chi connectivity index (χ0) is 27.4. The van der Waals surface area contributed by atoms with E-state index in [1.807, 2.05) is 37.3 Å². The van der Waals surface area contributed by atoms with Gasteiger partial charge < -0.3 is 14.8 Å². The van der Waals surface area contributed by atoms with Crippen LogP contribution in [0.15, 0.2) is 61.1 Å². The van der Waals surface area contributed by atoms with Crippen molar-refractivity contribution in [3.8, 4) is 16.9 Å². The number of hydrogen-bond donors (Lipinski definition) is 2. The number of halogens is 2. The van der Waals surface area contributed by atoms with Gasteiger partial charge in [-0.3, -0.25) is 5.32 Å². The first kappa shape index (κ1) is 26.7. The maximum absolute atomic E-state index is 13.9. The van der Waals surface area contributed by atoms with E-state index in [9.17, 15) is 9.18 Å². The Bertz CT molecular complexity index is 1440. The molecule has 0 aliphatic carbocycles. The van der Waals surface area contributed by atoms with Gasteiger partial charge in [0.05, 0.1) is 17.8 Å². The van der Waals surface area contributed by atoms with E-state index in [-0.39, 0.29) is 11.4 Å². The summed E-state index contributed by atoms with van der Waals surface area (Å²) in [5.41, 5.74) is 3.32. The molecule has 5 rings (SSSR count). The zero-order valence-electron chi connectivity index (χ0n) is 21.3. The van der Waals surface area contributed by atoms with Gasteiger partial charge in [0.25, 0.3) is 0 Å². The lowest BCUT2D eigenvalue weighted by molar-refractivity contribution is 0.0210. The summed E-state index contributed by atoms with van der Waals surface area (Å²) < 4.78 is 26.9. The maximum atomic E-state index is 13.9. The summed E-state index contributed by atoms with van der Waals surface area (Å²) in [6.45, 7) is 2.36. The van der Waals surface area contributed by atoms with Gasteiger partial charge >= 0.3 is 6.03 Å². The van der Waals surface area contributed by atoms with Crippen molar-refractivity contribution in [2.45, 2.75) is 38.0 Å². The normalized spacial score (nSPS) is 18.7. The Kier molecular flexibility index (Phi) is 8.10. The topological polar surface area (TPSA) is 116 Å². The van der Waals surface area contributed by atoms with E-state index in [2.05, 4.69) is 25.6 Å². The molecule has 3 atom stereocenters. The molecule has 0 unspecified atom stereocenters. The summed E-state index contributed by atoms with van der Waals surface area (Å²) in [7, 11) is 1.62. The van der Waals surface area contributed by atoms with Gasteiger partial charge in [-0.2, -0.15) is 9.49 Å². The van der Waals surface area contributed by atoms with Gasteiger partial charge in [-0.25, -0.2) is 24.4 Å². The Hall–Kier alpha value is -3.93. The van der Waals surface area contributed by atoms with E-state index in [1.54, 1.807) is 30.3 Å². The summed E-state index contributed by atoms with van der Waals surface area (Å²) in [5.74, 6) is -0.134. The third kappa shape index (κ3) is 6.06. The van der Waals surface area contributed by atoms with Crippen molar-refractivity contribution in [3.63, 3.8) is 0 Å². The van der Waals surface area contributed by atoms with Gasteiger partial charge in [-0.1, -0.05) is 18.2 Å². The van der Waals surface area contributed by atoms with Crippen molar-refractivity contribution in [2.24, 2.45) is 0 Å². The molecule has 2 amide bonds. The number of pyridine rings is 1. The van der Waals surface area contributed by atoms with Crippen LogP contribution in [0.25, 0.3) is 16.9 Å². The third-order valence-corrected chi connectivity index (χ3v) is 6.70. The van der Waals surface area contributed by atoms with E-state index in [1.165, 1.54) is 12.3 Å². The first-order valence-electron chi connectivity index (χ1n) is 12.4. The molecule has 0 spiro atoms. The molecule has 0 radical (unpaired) electrons. The van der Waals surface area contributed by atoms with E-state index in [0.29, 0.717) is 47.7 Å². The van der Waals surface area contributed by atoms with Crippen LogP contribution in [0, 0.1) is 12.9 Å². The predicted octanol–water partition coefficient (Wildman–Crippen LogP) is 4.88. The number of aromatic nitrogens is 5. The Balaban J connectivity index is 1.42. The number of benzene rings is 1. The molecule has 0 saturated carbocycles. The molecule has 4 aromatic rings. The van der Waals surface area contributed by atoms with Crippen molar-refractivity contribution in [2.75, 3.05) is 19.0 Å². The van der Waals surface area contributed by atoms with Crippen molar-refractivity contribution in [1.29, 1.82) is 0 Å². The first-order chi connectivity index (χ1) is 18.9. The number of nitrogens with one attached hydrogen (secondary N) is 2. The van der Waals surface area contributed by atoms with E-state index in [0.717, 1.165) is 5.69 Å². The molecule has 2 N–H and O–H groups in total. The molecule has 1 aliphatic heterocycles. The molecular formula is C27H27ClFN7O3. The highest BCUT2D eigenvalue weighted by Crippen LogP contribution is 2.35. The van der Waals surface area contributed by atoms with Crippen molar-refractivity contribution in [1.82, 2.24) is 30.0 Å². The molecule has 1 fully saturated rings. The van der Waals surface area contributed by atoms with Crippen LogP contribution in [-0.4, -0.2) is 56.6 Å². The predicted molar refractivity (Wildman–Crippen MR) is 143 cm³/mol. The molecule has 39 heavy (non-hydrogen) atoms. The van der Waals surface area contributed by atoms with Crippen molar-refractivity contribution >= 4 is 23.4 Å². The first-order valence-corrected chi connectivity index (χ1v) is 12.8. The number of carbonyl (C=O) groups excluding carboxylic acids is 1. The van der Waals surface area contributed by atoms with Gasteiger partial charge in [0.15, 0.2) is 0 Å². The van der Waals surface area contributed by atoms with E-state index >= 15 is 0 Å². The fraction of sp³-hybridized carbons (Fsp3) is 0.296. The Morgan fingerprint density at radius 2 is 1.97 bits per heavy atom. The van der Waals surface area contributed by atoms with Crippen LogP contribution in [0.3, 0.4) is 0 Å². The van der Waals surface area contributed by atoms with Gasteiger partial charge in [0.2, 0.25) is 11.2 Å². The van der Waals surface area contributed by atoms with Crippen LogP contribution >= 0.6 is 11.6 Å². The van der Waals surface area contributed by atoms with Crippen molar-refractivity contribution < 1.29 is 18.7 Å². The van der Waals surface area contributed by atoms with Crippen LogP contribution in [0.4, 0.5) is 15.0 Å². The Labute approximate surface area is 229 Å². The molecule has 202 valence electrons. The number of ether oxygens (including phenoxy) is 2. The minimum Gasteiger partial charge on any atom is -0.385 e. The van der Waals surface area contributed by atoms with Gasteiger partial charge in [-0.05, 0) is 61.2 Å². The average molecular weight is 552 g/mol. The summed E-state index contributed by atoms with van der Waals surface area (Å²) in [6.07, 6.45) is 5.03. The summed E-state index contributed by atoms with van der Waals surface area (Å²) >= 11 is 5.87. The Morgan fingerprint density at radius 1 is 1.21 bits per heavy atom. The number of anilines is 1. The van der Waals surface area contributed by atoms with Gasteiger partial charge in [-0.15, -0.1) is 0 Å². The highest BCUT2D eigenvalue weighted by atomic mass is 35.5. The van der Waals surface area contributed by atoms with E-state index < -0.39 is 24.1 Å². The number of methoxy groups -OCH3 is 1. The Morgan fingerprint density at radius 3 is 2.69 bits per heavy atom. The van der Waals surface area contributed by atoms with E-state index in [4.69, 9.17) is 26.2 Å². The van der Waals surface area contributed by atoms with Gasteiger partial charge in [0, 0.05) is 43.4 Å². The second-order valence-corrected chi connectivity index (χ2v) is 9.46. The van der Waals surface area contributed by atoms with Crippen LogP contribution < -0.4 is 10.6 Å². The number of rotatable bonds is 8. The lowest BCUT2D eigenvalue weighted by Crippen LogP contribution is -2.40. The molecule has 3 aromatic heterocycles. The SMILES string of the molecule is COCC[C@@H]1C[C@@H](NC(=O)Nc2c(C)c(-c3cnc(Cl)nc3)nn2-c2ccccc2)[C@H](c2ccnc(F)c2)O1. The molecule has 10 nitrogen and oxygen atoms in total. The smallest absolute Gasteiger partial charge is 0.320 e. The zero-order valence-corrected chi connectivity index (χ0v) is 22.1.